The molecular formula is C25H34N2O2S. The summed E-state index contributed by atoms with van der Waals surface area (Å²) in [5.41, 5.74) is 2.21. The molecule has 0 aliphatic carbocycles. The zero-order valence-corrected chi connectivity index (χ0v) is 19.2. The molecule has 2 aromatic rings. The van der Waals surface area contributed by atoms with Gasteiger partial charge in [-0.25, -0.2) is 0 Å². The van der Waals surface area contributed by atoms with Gasteiger partial charge in [-0.2, -0.15) is 0 Å². The van der Waals surface area contributed by atoms with Crippen molar-refractivity contribution in [2.45, 2.75) is 63.9 Å². The summed E-state index contributed by atoms with van der Waals surface area (Å²) in [7, 11) is 0. The summed E-state index contributed by atoms with van der Waals surface area (Å²) < 4.78 is 0. The predicted octanol–water partition coefficient (Wildman–Crippen LogP) is 5.20. The average Bonchev–Trinajstić information content (AvgIpc) is 2.74. The van der Waals surface area contributed by atoms with E-state index in [0.717, 1.165) is 28.9 Å². The number of carbonyl (C=O) groups excluding carboxylic acids is 2. The first kappa shape index (κ1) is 24.0. The van der Waals surface area contributed by atoms with Gasteiger partial charge in [0.2, 0.25) is 11.8 Å². The number of aryl methyl sites for hydroxylation is 1. The fourth-order valence-electron chi connectivity index (χ4n) is 3.35. The van der Waals surface area contributed by atoms with Gasteiger partial charge >= 0.3 is 0 Å². The van der Waals surface area contributed by atoms with Gasteiger partial charge < -0.3 is 10.2 Å². The first-order valence-corrected chi connectivity index (χ1v) is 11.8. The summed E-state index contributed by atoms with van der Waals surface area (Å²) in [6.45, 7) is 7.22. The molecule has 0 aliphatic heterocycles. The Balaban J connectivity index is 2.09. The molecule has 1 atom stereocenters. The van der Waals surface area contributed by atoms with Crippen molar-refractivity contribution < 1.29 is 9.59 Å². The first-order chi connectivity index (χ1) is 14.5. The highest BCUT2D eigenvalue weighted by Crippen LogP contribution is 2.20. The number of nitrogens with zero attached hydrogens (tertiary/aromatic N) is 1. The summed E-state index contributed by atoms with van der Waals surface area (Å²) in [4.78, 5) is 28.9. The van der Waals surface area contributed by atoms with Crippen LogP contribution in [0, 0.1) is 6.92 Å². The third-order valence-electron chi connectivity index (χ3n) is 4.98. The molecule has 0 fully saturated rings. The molecular weight excluding hydrogens is 392 g/mol. The predicted molar refractivity (Wildman–Crippen MR) is 126 cm³/mol. The molecule has 0 radical (unpaired) electrons. The summed E-state index contributed by atoms with van der Waals surface area (Å²) in [5.74, 6) is 0.668. The molecule has 1 N–H and O–H groups in total. The van der Waals surface area contributed by atoms with Crippen molar-refractivity contribution in [3.05, 3.63) is 65.7 Å². The van der Waals surface area contributed by atoms with E-state index in [1.807, 2.05) is 50.2 Å². The Bertz CT molecular complexity index is 795. The van der Waals surface area contributed by atoms with Gasteiger partial charge in [-0.05, 0) is 37.5 Å². The highest BCUT2D eigenvalue weighted by atomic mass is 32.2. The van der Waals surface area contributed by atoms with Crippen molar-refractivity contribution in [1.82, 2.24) is 10.2 Å². The summed E-state index contributed by atoms with van der Waals surface area (Å²) >= 11 is 1.67. The molecule has 0 aliphatic rings. The van der Waals surface area contributed by atoms with Crippen molar-refractivity contribution in [2.24, 2.45) is 0 Å². The first-order valence-electron chi connectivity index (χ1n) is 10.9. The van der Waals surface area contributed by atoms with Gasteiger partial charge in [-0.15, -0.1) is 11.8 Å². The van der Waals surface area contributed by atoms with E-state index >= 15 is 0 Å². The number of nitrogens with one attached hydrogen (secondary N) is 1. The molecule has 5 heteroatoms. The van der Waals surface area contributed by atoms with E-state index in [1.165, 1.54) is 0 Å². The van der Waals surface area contributed by atoms with Crippen LogP contribution in [0.4, 0.5) is 0 Å². The van der Waals surface area contributed by atoms with E-state index in [2.05, 4.69) is 30.4 Å². The van der Waals surface area contributed by atoms with Crippen molar-refractivity contribution in [3.8, 4) is 0 Å². The molecule has 4 nitrogen and oxygen atoms in total. The number of amides is 2. The van der Waals surface area contributed by atoms with Gasteiger partial charge in [0.25, 0.3) is 0 Å². The Hall–Kier alpha value is -2.27. The minimum absolute atomic E-state index is 0.0254. The molecule has 2 aromatic carbocycles. The second-order valence-corrected chi connectivity index (χ2v) is 8.66. The molecule has 0 heterocycles. The van der Waals surface area contributed by atoms with Crippen molar-refractivity contribution in [1.29, 1.82) is 0 Å². The monoisotopic (exact) mass is 426 g/mol. The number of hydrogen-bond acceptors (Lipinski definition) is 3. The van der Waals surface area contributed by atoms with Gasteiger partial charge in [0.1, 0.15) is 6.04 Å². The second kappa shape index (κ2) is 13.1. The highest BCUT2D eigenvalue weighted by Gasteiger charge is 2.28. The second-order valence-electron chi connectivity index (χ2n) is 7.49. The molecule has 0 aromatic heterocycles. The molecule has 30 heavy (non-hydrogen) atoms. The topological polar surface area (TPSA) is 49.4 Å². The number of carbonyl (C=O) groups is 2. The van der Waals surface area contributed by atoms with Gasteiger partial charge in [-0.3, -0.25) is 9.59 Å². The number of rotatable bonds is 12. The number of hydrogen-bond donors (Lipinski definition) is 1. The molecule has 2 rings (SSSR count). The van der Waals surface area contributed by atoms with E-state index in [4.69, 9.17) is 0 Å². The normalized spacial score (nSPS) is 11.7. The maximum absolute atomic E-state index is 13.2. The lowest BCUT2D eigenvalue weighted by Crippen LogP contribution is -2.49. The van der Waals surface area contributed by atoms with Crippen molar-refractivity contribution >= 4 is 23.6 Å². The highest BCUT2D eigenvalue weighted by molar-refractivity contribution is 7.99. The van der Waals surface area contributed by atoms with Crippen LogP contribution in [0.25, 0.3) is 0 Å². The summed E-state index contributed by atoms with van der Waals surface area (Å²) in [5, 5.41) is 3.01. The molecule has 0 bridgehead atoms. The largest absolute Gasteiger partial charge is 0.354 e. The number of unbranched alkanes of at least 4 members (excludes halogenated alkanes) is 1. The van der Waals surface area contributed by atoms with E-state index in [-0.39, 0.29) is 11.8 Å². The SMILES string of the molecule is CCCCNC(=O)[C@@H](CC)N(Cc1cccc(C)c1)C(=O)CCSc1ccccc1. The van der Waals surface area contributed by atoms with E-state index in [9.17, 15) is 9.59 Å². The maximum atomic E-state index is 13.2. The fourth-order valence-corrected chi connectivity index (χ4v) is 4.21. The van der Waals surface area contributed by atoms with Crippen LogP contribution in [0.3, 0.4) is 0 Å². The Labute approximate surface area is 185 Å². The molecule has 162 valence electrons. The maximum Gasteiger partial charge on any atom is 0.242 e. The molecule has 0 saturated carbocycles. The van der Waals surface area contributed by atoms with Crippen LogP contribution >= 0.6 is 11.8 Å². The third kappa shape index (κ3) is 7.86. The quantitative estimate of drug-likeness (QED) is 0.375. The van der Waals surface area contributed by atoms with Crippen LogP contribution in [-0.4, -0.2) is 35.1 Å². The van der Waals surface area contributed by atoms with Crippen LogP contribution in [0.1, 0.15) is 50.7 Å². The Morgan fingerprint density at radius 2 is 1.83 bits per heavy atom. The number of benzene rings is 2. The summed E-state index contributed by atoms with van der Waals surface area (Å²) in [6, 6.07) is 17.8. The lowest BCUT2D eigenvalue weighted by atomic mass is 10.1. The summed E-state index contributed by atoms with van der Waals surface area (Å²) in [6.07, 6.45) is 2.98. The van der Waals surface area contributed by atoms with Crippen LogP contribution in [-0.2, 0) is 16.1 Å². The van der Waals surface area contributed by atoms with Crippen molar-refractivity contribution in [3.63, 3.8) is 0 Å². The fraction of sp³-hybridized carbons (Fsp3) is 0.440. The molecule has 0 spiro atoms. The molecule has 2 amide bonds. The minimum atomic E-state index is -0.448. The Morgan fingerprint density at radius 3 is 2.50 bits per heavy atom. The smallest absolute Gasteiger partial charge is 0.242 e. The van der Waals surface area contributed by atoms with Gasteiger partial charge in [0, 0.05) is 30.2 Å². The lowest BCUT2D eigenvalue weighted by Gasteiger charge is -2.31. The van der Waals surface area contributed by atoms with Crippen molar-refractivity contribution in [2.75, 3.05) is 12.3 Å². The van der Waals surface area contributed by atoms with Gasteiger partial charge in [0.05, 0.1) is 0 Å². The molecule has 0 saturated heterocycles. The van der Waals surface area contributed by atoms with Crippen LogP contribution in [0.2, 0.25) is 0 Å². The van der Waals surface area contributed by atoms with Crippen LogP contribution in [0.5, 0.6) is 0 Å². The van der Waals surface area contributed by atoms with Gasteiger partial charge in [0.15, 0.2) is 0 Å². The average molecular weight is 427 g/mol. The zero-order chi connectivity index (χ0) is 21.8. The van der Waals surface area contributed by atoms with E-state index in [0.29, 0.717) is 31.7 Å². The standard InChI is InChI=1S/C25H34N2O2S/c1-4-6-16-26-25(29)23(5-2)27(19-21-12-10-11-20(3)18-21)24(28)15-17-30-22-13-8-7-9-14-22/h7-14,18,23H,4-6,15-17,19H2,1-3H3,(H,26,29)/t23-/m1/s1. The Kier molecular flexibility index (Phi) is 10.5. The van der Waals surface area contributed by atoms with E-state index in [1.54, 1.807) is 16.7 Å². The van der Waals surface area contributed by atoms with Crippen LogP contribution in [0.15, 0.2) is 59.5 Å². The van der Waals surface area contributed by atoms with E-state index < -0.39 is 6.04 Å². The Morgan fingerprint density at radius 1 is 1.07 bits per heavy atom. The minimum Gasteiger partial charge on any atom is -0.354 e. The lowest BCUT2D eigenvalue weighted by molar-refractivity contribution is -0.141. The molecule has 0 unspecified atom stereocenters. The zero-order valence-electron chi connectivity index (χ0n) is 18.4. The number of thioether (sulfide) groups is 1. The van der Waals surface area contributed by atoms with Gasteiger partial charge in [-0.1, -0.05) is 68.3 Å². The third-order valence-corrected chi connectivity index (χ3v) is 5.99. The van der Waals surface area contributed by atoms with Crippen LogP contribution < -0.4 is 5.32 Å².